The second kappa shape index (κ2) is 16.8. The quantitative estimate of drug-likeness (QED) is 0.0509. The molecule has 0 aliphatic carbocycles. The van der Waals surface area contributed by atoms with Gasteiger partial charge in [-0.2, -0.15) is 11.8 Å². The van der Waals surface area contributed by atoms with E-state index in [-0.39, 0.29) is 38.2 Å². The number of aromatic nitrogens is 4. The number of nitrogens with zero attached hydrogens (tertiary/aromatic N) is 3. The van der Waals surface area contributed by atoms with Crippen molar-refractivity contribution in [3.05, 3.63) is 36.4 Å². The average molecular weight is 580 g/mol. The number of carboxylic acids is 1. The highest BCUT2D eigenvalue weighted by Crippen LogP contribution is 2.07. The van der Waals surface area contributed by atoms with Crippen molar-refractivity contribution in [2.75, 3.05) is 18.6 Å². The van der Waals surface area contributed by atoms with E-state index < -0.39 is 47.9 Å². The third kappa shape index (κ3) is 11.3. The van der Waals surface area contributed by atoms with Gasteiger partial charge in [0.1, 0.15) is 18.1 Å². The van der Waals surface area contributed by atoms with Crippen molar-refractivity contribution in [1.82, 2.24) is 35.9 Å². The molecule has 0 fully saturated rings. The number of carbonyl (C=O) groups excluding carboxylic acids is 3. The van der Waals surface area contributed by atoms with E-state index in [2.05, 4.69) is 40.9 Å². The van der Waals surface area contributed by atoms with E-state index >= 15 is 0 Å². The van der Waals surface area contributed by atoms with E-state index in [9.17, 15) is 24.3 Å². The lowest BCUT2D eigenvalue weighted by molar-refractivity contribution is -0.142. The fraction of sp³-hybridized carbons (Fsp3) is 0.522. The van der Waals surface area contributed by atoms with Gasteiger partial charge >= 0.3 is 5.97 Å². The highest BCUT2D eigenvalue weighted by molar-refractivity contribution is 7.98. The minimum absolute atomic E-state index is 0.0299. The van der Waals surface area contributed by atoms with Gasteiger partial charge in [-0.15, -0.1) is 0 Å². The lowest BCUT2D eigenvalue weighted by atomic mass is 10.1. The van der Waals surface area contributed by atoms with Crippen molar-refractivity contribution in [1.29, 1.82) is 0 Å². The highest BCUT2D eigenvalue weighted by Gasteiger charge is 2.30. The summed E-state index contributed by atoms with van der Waals surface area (Å²) < 4.78 is 0. The molecule has 0 saturated heterocycles. The first-order chi connectivity index (χ1) is 19.1. The predicted molar refractivity (Wildman–Crippen MR) is 149 cm³/mol. The third-order valence-electron chi connectivity index (χ3n) is 5.75. The molecule has 0 spiro atoms. The van der Waals surface area contributed by atoms with E-state index in [1.54, 1.807) is 0 Å². The van der Waals surface area contributed by atoms with E-state index in [0.717, 1.165) is 0 Å². The van der Waals surface area contributed by atoms with Crippen molar-refractivity contribution in [2.45, 2.75) is 56.3 Å². The Kier molecular flexibility index (Phi) is 13.4. The molecular formula is C23H37N11O5S. The number of H-pyrrole nitrogens is 2. The van der Waals surface area contributed by atoms with Gasteiger partial charge in [0, 0.05) is 43.2 Å². The van der Waals surface area contributed by atoms with Crippen molar-refractivity contribution < 1.29 is 24.3 Å². The molecule has 17 heteroatoms. The number of nitrogens with two attached hydrogens (primary N) is 3. The number of rotatable bonds is 18. The molecule has 0 bridgehead atoms. The Morgan fingerprint density at radius 2 is 1.50 bits per heavy atom. The number of amides is 3. The number of nitrogens with one attached hydrogen (secondary N) is 5. The standard InChI is InChI=1S/C23H37N11O5S/c1-40-6-4-17(22(38)39)33-20(36)16(3-2-5-29-23(25)26)32-21(37)18(8-14-10-28-12-31-14)34-19(35)15(24)7-13-9-27-11-30-13/h9-12,15-18H,2-8,24H2,1H3,(H,27,30)(H,28,31)(H,32,37)(H,33,36)(H,34,35)(H,38,39)(H4,25,26,29). The van der Waals surface area contributed by atoms with Crippen LogP contribution in [0.5, 0.6) is 0 Å². The largest absolute Gasteiger partial charge is 0.480 e. The summed E-state index contributed by atoms with van der Waals surface area (Å²) in [7, 11) is 0. The maximum absolute atomic E-state index is 13.4. The second-order valence-electron chi connectivity index (χ2n) is 8.92. The van der Waals surface area contributed by atoms with Crippen LogP contribution in [0.3, 0.4) is 0 Å². The van der Waals surface area contributed by atoms with Gasteiger partial charge in [-0.1, -0.05) is 0 Å². The SMILES string of the molecule is CSCCC(NC(=O)C(CCCN=C(N)N)NC(=O)C(Cc1cnc[nH]1)NC(=O)C(N)Cc1cnc[nH]1)C(=O)O. The van der Waals surface area contributed by atoms with E-state index in [1.807, 2.05) is 6.26 Å². The van der Waals surface area contributed by atoms with Crippen LogP contribution >= 0.6 is 11.8 Å². The predicted octanol–water partition coefficient (Wildman–Crippen LogP) is -2.41. The number of aliphatic carboxylic acids is 1. The Bertz CT molecular complexity index is 1110. The topological polar surface area (TPSA) is 272 Å². The van der Waals surface area contributed by atoms with Gasteiger partial charge in [0.2, 0.25) is 17.7 Å². The molecule has 4 atom stereocenters. The number of hydrogen-bond donors (Lipinski definition) is 9. The number of carboxylic acid groups (broad SMARTS) is 1. The zero-order valence-corrected chi connectivity index (χ0v) is 22.9. The fourth-order valence-corrected chi connectivity index (χ4v) is 4.11. The summed E-state index contributed by atoms with van der Waals surface area (Å²) in [5.41, 5.74) is 18.0. The van der Waals surface area contributed by atoms with Crippen LogP contribution in [0.25, 0.3) is 0 Å². The average Bonchev–Trinajstić information content (AvgIpc) is 3.61. The van der Waals surface area contributed by atoms with Gasteiger partial charge in [-0.05, 0) is 31.3 Å². The third-order valence-corrected chi connectivity index (χ3v) is 6.39. The number of aliphatic imine (C=N–C) groups is 1. The summed E-state index contributed by atoms with van der Waals surface area (Å²) in [5.74, 6) is -2.75. The molecule has 2 aromatic heterocycles. The lowest BCUT2D eigenvalue weighted by Crippen LogP contribution is -2.57. The smallest absolute Gasteiger partial charge is 0.326 e. The van der Waals surface area contributed by atoms with Crippen LogP contribution in [-0.4, -0.2) is 97.4 Å². The number of carbonyl (C=O) groups is 4. The molecule has 0 aromatic carbocycles. The van der Waals surface area contributed by atoms with Gasteiger partial charge in [-0.25, -0.2) is 14.8 Å². The maximum Gasteiger partial charge on any atom is 0.326 e. The number of thioether (sulfide) groups is 1. The zero-order chi connectivity index (χ0) is 29.5. The van der Waals surface area contributed by atoms with Gasteiger partial charge in [-0.3, -0.25) is 19.4 Å². The van der Waals surface area contributed by atoms with Gasteiger partial charge in [0.25, 0.3) is 0 Å². The first-order valence-electron chi connectivity index (χ1n) is 12.5. The molecule has 2 aromatic rings. The van der Waals surface area contributed by atoms with Crippen LogP contribution in [0.4, 0.5) is 0 Å². The van der Waals surface area contributed by atoms with Crippen LogP contribution in [0.15, 0.2) is 30.0 Å². The van der Waals surface area contributed by atoms with Crippen molar-refractivity contribution in [3.8, 4) is 0 Å². The molecule has 0 saturated carbocycles. The Morgan fingerprint density at radius 3 is 2.05 bits per heavy atom. The molecular weight excluding hydrogens is 542 g/mol. The summed E-state index contributed by atoms with van der Waals surface area (Å²) in [6, 6.07) is -4.37. The molecule has 12 N–H and O–H groups in total. The summed E-state index contributed by atoms with van der Waals surface area (Å²) in [4.78, 5) is 68.5. The molecule has 220 valence electrons. The van der Waals surface area contributed by atoms with Crippen molar-refractivity contribution in [3.63, 3.8) is 0 Å². The number of hydrogen-bond acceptors (Lipinski definition) is 9. The van der Waals surface area contributed by atoms with Crippen molar-refractivity contribution in [2.24, 2.45) is 22.2 Å². The van der Waals surface area contributed by atoms with Crippen molar-refractivity contribution >= 4 is 41.4 Å². The van der Waals surface area contributed by atoms with Gasteiger partial charge in [0.15, 0.2) is 5.96 Å². The normalized spacial score (nSPS) is 13.8. The summed E-state index contributed by atoms with van der Waals surface area (Å²) in [6.45, 7) is 0.188. The molecule has 16 nitrogen and oxygen atoms in total. The Labute approximate surface area is 235 Å². The molecule has 0 aliphatic rings. The van der Waals surface area contributed by atoms with Crippen LogP contribution in [-0.2, 0) is 32.0 Å². The van der Waals surface area contributed by atoms with Crippen LogP contribution < -0.4 is 33.2 Å². The minimum atomic E-state index is -1.19. The van der Waals surface area contributed by atoms with Gasteiger partial charge in [0.05, 0.1) is 18.7 Å². The van der Waals surface area contributed by atoms with Crippen LogP contribution in [0.1, 0.15) is 30.7 Å². The summed E-state index contributed by atoms with van der Waals surface area (Å²) in [6.07, 6.45) is 8.55. The number of aromatic amines is 2. The Balaban J connectivity index is 2.18. The molecule has 3 amide bonds. The number of imidazole rings is 2. The first-order valence-corrected chi connectivity index (χ1v) is 13.9. The molecule has 2 rings (SSSR count). The monoisotopic (exact) mass is 579 g/mol. The van der Waals surface area contributed by atoms with E-state index in [1.165, 1.54) is 36.8 Å². The lowest BCUT2D eigenvalue weighted by Gasteiger charge is -2.25. The molecule has 0 aliphatic heterocycles. The van der Waals surface area contributed by atoms with Crippen LogP contribution in [0, 0.1) is 0 Å². The number of guanidine groups is 1. The summed E-state index contributed by atoms with van der Waals surface area (Å²) in [5, 5.41) is 17.3. The van der Waals surface area contributed by atoms with Crippen LogP contribution in [0.2, 0.25) is 0 Å². The Morgan fingerprint density at radius 1 is 0.925 bits per heavy atom. The second-order valence-corrected chi connectivity index (χ2v) is 9.91. The fourth-order valence-electron chi connectivity index (χ4n) is 3.64. The zero-order valence-electron chi connectivity index (χ0n) is 22.1. The van der Waals surface area contributed by atoms with Gasteiger partial charge < -0.3 is 48.2 Å². The Hall–Kier alpha value is -4.12. The first kappa shape index (κ1) is 32.1. The molecule has 0 radical (unpaired) electrons. The molecule has 4 unspecified atom stereocenters. The minimum Gasteiger partial charge on any atom is -0.480 e. The summed E-state index contributed by atoms with van der Waals surface area (Å²) >= 11 is 1.44. The highest BCUT2D eigenvalue weighted by atomic mass is 32.2. The molecule has 2 heterocycles. The maximum atomic E-state index is 13.4. The van der Waals surface area contributed by atoms with E-state index in [4.69, 9.17) is 17.2 Å². The molecule has 40 heavy (non-hydrogen) atoms. The van der Waals surface area contributed by atoms with E-state index in [0.29, 0.717) is 23.6 Å².